The maximum Gasteiger partial charge on any atom is 0.295 e. The Morgan fingerprint density at radius 3 is 1.55 bits per heavy atom. The zero-order valence-corrected chi connectivity index (χ0v) is 26.8. The number of H-pyrrole nitrogens is 3. The Bertz CT molecular complexity index is 3250. The number of hydrogen-bond acceptors (Lipinski definition) is 8. The van der Waals surface area contributed by atoms with Gasteiger partial charge in [-0.05, 0) is 12.1 Å². The molecule has 14 nitrogen and oxygen atoms in total. The van der Waals surface area contributed by atoms with Gasteiger partial charge >= 0.3 is 0 Å². The van der Waals surface area contributed by atoms with E-state index in [-0.39, 0.29) is 43.2 Å². The molecule has 0 fully saturated rings. The smallest absolute Gasteiger partial charge is 0.295 e. The van der Waals surface area contributed by atoms with Gasteiger partial charge in [0.1, 0.15) is 55.0 Å². The average molecular weight is 691 g/mol. The molecule has 0 saturated carbocycles. The fraction of sp³-hybridized carbons (Fsp3) is 0.0303. The number of rotatable bonds is 2. The van der Waals surface area contributed by atoms with Crippen LogP contribution in [-0.2, 0) is 27.3 Å². The van der Waals surface area contributed by atoms with Crippen LogP contribution in [0.15, 0.2) is 115 Å². The molecule has 4 aromatic carbocycles. The molecule has 0 aliphatic carbocycles. The van der Waals surface area contributed by atoms with Crippen molar-refractivity contribution in [1.82, 2.24) is 19.5 Å². The van der Waals surface area contributed by atoms with Crippen LogP contribution in [0.1, 0.15) is 0 Å². The Kier molecular flexibility index (Phi) is 5.98. The van der Waals surface area contributed by atoms with E-state index in [9.17, 15) is 25.9 Å². The van der Waals surface area contributed by atoms with Crippen molar-refractivity contribution in [2.75, 3.05) is 0 Å². The van der Waals surface area contributed by atoms with Crippen LogP contribution in [0.5, 0.6) is 0 Å². The van der Waals surface area contributed by atoms with Crippen LogP contribution in [0.25, 0.3) is 43.1 Å². The topological polar surface area (TPSA) is 210 Å². The van der Waals surface area contributed by atoms with E-state index >= 15 is 0 Å². The van der Waals surface area contributed by atoms with Gasteiger partial charge in [0.15, 0.2) is 0 Å². The molecule has 242 valence electrons. The predicted molar refractivity (Wildman–Crippen MR) is 181 cm³/mol. The summed E-state index contributed by atoms with van der Waals surface area (Å²) in [4.78, 5) is 28.4. The van der Waals surface area contributed by atoms with Crippen molar-refractivity contribution < 1.29 is 25.9 Å². The molecule has 16 heteroatoms. The first-order valence-corrected chi connectivity index (χ1v) is 17.6. The van der Waals surface area contributed by atoms with Crippen molar-refractivity contribution >= 4 is 86.6 Å². The maximum atomic E-state index is 12.7. The maximum absolute atomic E-state index is 12.7. The molecule has 5 heterocycles. The zero-order chi connectivity index (χ0) is 33.8. The van der Waals surface area contributed by atoms with Crippen LogP contribution < -0.4 is 22.0 Å². The van der Waals surface area contributed by atoms with E-state index in [2.05, 4.69) is 15.0 Å². The van der Waals surface area contributed by atoms with Gasteiger partial charge in [-0.3, -0.25) is 9.11 Å². The van der Waals surface area contributed by atoms with Crippen molar-refractivity contribution in [1.29, 1.82) is 0 Å². The highest BCUT2D eigenvalue weighted by Crippen LogP contribution is 2.38. The summed E-state index contributed by atoms with van der Waals surface area (Å²) >= 11 is 0. The Balaban J connectivity index is 1.56. The Morgan fingerprint density at radius 2 is 0.939 bits per heavy atom. The van der Waals surface area contributed by atoms with E-state index in [0.717, 1.165) is 16.2 Å². The lowest BCUT2D eigenvalue weighted by Crippen LogP contribution is -2.23. The second kappa shape index (κ2) is 10.0. The highest BCUT2D eigenvalue weighted by atomic mass is 32.2. The third-order valence-electron chi connectivity index (χ3n) is 8.67. The summed E-state index contributed by atoms with van der Waals surface area (Å²) in [5.41, 5.74) is 1.23. The molecule has 0 radical (unpaired) electrons. The first kappa shape index (κ1) is 29.2. The van der Waals surface area contributed by atoms with Gasteiger partial charge < -0.3 is 19.5 Å². The van der Waals surface area contributed by atoms with Crippen LogP contribution in [0, 0.1) is 0 Å². The van der Waals surface area contributed by atoms with E-state index < -0.39 is 20.2 Å². The van der Waals surface area contributed by atoms with Gasteiger partial charge in [0, 0.05) is 50.1 Å². The second-order valence-corrected chi connectivity index (χ2v) is 14.3. The SMILES string of the molecule is Cn1c2c3ccccc3c1=Nc1[nH]c(c3cccc(S(=O)(=O)O)c13)N=c1[nH]c(c3c(S(=O)(=O)O)cccc13)=Nc1[nH]c(c3ccccc13)N=2. The summed E-state index contributed by atoms with van der Waals surface area (Å²) in [7, 11) is -7.65. The molecule has 5 N–H and O–H groups in total. The minimum absolute atomic E-state index is 0.0821. The summed E-state index contributed by atoms with van der Waals surface area (Å²) in [6.45, 7) is 0. The third kappa shape index (κ3) is 4.39. The highest BCUT2D eigenvalue weighted by molar-refractivity contribution is 7.86. The molecule has 8 aromatic rings. The number of aromatic nitrogens is 4. The third-order valence-corrected chi connectivity index (χ3v) is 10.5. The molecule has 0 saturated heterocycles. The van der Waals surface area contributed by atoms with Gasteiger partial charge in [-0.15, -0.1) is 0 Å². The molecule has 1 aliphatic rings. The van der Waals surface area contributed by atoms with Gasteiger partial charge in [-0.25, -0.2) is 20.0 Å². The van der Waals surface area contributed by atoms with E-state index in [1.807, 2.05) is 48.5 Å². The van der Waals surface area contributed by atoms with Crippen LogP contribution >= 0.6 is 0 Å². The number of nitrogens with zero attached hydrogens (tertiary/aromatic N) is 5. The number of nitrogens with one attached hydrogen (secondary N) is 3. The molecular formula is C33H22N8O6S2. The van der Waals surface area contributed by atoms with Gasteiger partial charge in [0.25, 0.3) is 20.2 Å². The van der Waals surface area contributed by atoms with Crippen molar-refractivity contribution in [3.05, 3.63) is 107 Å². The molecule has 1 aliphatic heterocycles. The summed E-state index contributed by atoms with van der Waals surface area (Å²) < 4.78 is 72.8. The molecular weight excluding hydrogens is 669 g/mol. The quantitative estimate of drug-likeness (QED) is 0.167. The lowest BCUT2D eigenvalue weighted by molar-refractivity contribution is 0.482. The van der Waals surface area contributed by atoms with Crippen molar-refractivity contribution in [3.8, 4) is 0 Å². The molecule has 4 aromatic heterocycles. The largest absolute Gasteiger partial charge is 0.324 e. The molecule has 49 heavy (non-hydrogen) atoms. The normalized spacial score (nSPS) is 13.4. The minimum atomic E-state index is -4.72. The van der Waals surface area contributed by atoms with Gasteiger partial charge in [-0.2, -0.15) is 16.8 Å². The first-order chi connectivity index (χ1) is 23.5. The lowest BCUT2D eigenvalue weighted by Gasteiger charge is -2.01. The molecule has 9 rings (SSSR count). The predicted octanol–water partition coefficient (Wildman–Crippen LogP) is 4.23. The average Bonchev–Trinajstić information content (AvgIpc) is 3.78. The van der Waals surface area contributed by atoms with E-state index in [1.165, 1.54) is 24.3 Å². The van der Waals surface area contributed by atoms with Crippen LogP contribution in [0.4, 0.5) is 23.3 Å². The summed E-state index contributed by atoms with van der Waals surface area (Å²) in [5, 5.41) is 3.74. The standard InChI is InChI=1S/C33H22N8O6S2/c1-41-32-18-10-4-5-11-19(18)33(41)40-31-25-21(13-7-15-23(25)49(45,46)47)29(38-31)35-28-20-12-6-14-22(48(42,43)44)24(20)30(37-28)36-26-16-8-2-3-9-17(16)27(34-26)39-32/h2-15H,1H3,(H,42,43,44)(H,45,46,47)(H3,34,35,36,37,38,39,40). The molecule has 0 amide bonds. The van der Waals surface area contributed by atoms with E-state index in [1.54, 1.807) is 23.7 Å². The summed E-state index contributed by atoms with van der Waals surface area (Å²) in [5.74, 6) is 1.10. The Hall–Kier alpha value is -5.94. The van der Waals surface area contributed by atoms with Crippen LogP contribution in [0.3, 0.4) is 0 Å². The minimum Gasteiger partial charge on any atom is -0.324 e. The van der Waals surface area contributed by atoms with E-state index in [0.29, 0.717) is 38.8 Å². The van der Waals surface area contributed by atoms with Crippen LogP contribution in [-0.4, -0.2) is 45.5 Å². The van der Waals surface area contributed by atoms with Crippen molar-refractivity contribution in [3.63, 3.8) is 0 Å². The lowest BCUT2D eigenvalue weighted by atomic mass is 10.2. The van der Waals surface area contributed by atoms with Gasteiger partial charge in [-0.1, -0.05) is 72.8 Å². The zero-order valence-electron chi connectivity index (χ0n) is 25.2. The fourth-order valence-corrected chi connectivity index (χ4v) is 7.99. The Labute approximate surface area is 275 Å². The van der Waals surface area contributed by atoms with E-state index in [4.69, 9.17) is 20.0 Å². The number of hydrogen-bond donors (Lipinski definition) is 5. The number of benzene rings is 4. The molecule has 8 bridgehead atoms. The van der Waals surface area contributed by atoms with Gasteiger partial charge in [0.05, 0.1) is 0 Å². The number of fused-ring (bicyclic) bond motifs is 20. The molecule has 0 unspecified atom stereocenters. The second-order valence-electron chi connectivity index (χ2n) is 11.5. The monoisotopic (exact) mass is 690 g/mol. The summed E-state index contributed by atoms with van der Waals surface area (Å²) in [6.07, 6.45) is 0. The van der Waals surface area contributed by atoms with Crippen LogP contribution in [0.2, 0.25) is 0 Å². The first-order valence-electron chi connectivity index (χ1n) is 14.8. The van der Waals surface area contributed by atoms with Crippen molar-refractivity contribution in [2.24, 2.45) is 27.0 Å². The van der Waals surface area contributed by atoms with Gasteiger partial charge in [0.2, 0.25) is 0 Å². The van der Waals surface area contributed by atoms with Crippen molar-refractivity contribution in [2.45, 2.75) is 9.79 Å². The molecule has 0 atom stereocenters. The number of aromatic amines is 3. The highest BCUT2D eigenvalue weighted by Gasteiger charge is 2.23. The Morgan fingerprint density at radius 1 is 0.490 bits per heavy atom. The fourth-order valence-electron chi connectivity index (χ4n) is 6.56. The molecule has 0 spiro atoms. The summed E-state index contributed by atoms with van der Waals surface area (Å²) in [6, 6.07) is 23.7.